The molecule has 0 radical (unpaired) electrons. The van der Waals surface area contributed by atoms with E-state index >= 15 is 0 Å². The first kappa shape index (κ1) is 30.2. The lowest BCUT2D eigenvalue weighted by atomic mass is 9.81. The van der Waals surface area contributed by atoms with E-state index < -0.39 is 0 Å². The van der Waals surface area contributed by atoms with Gasteiger partial charge in [0.25, 0.3) is 5.91 Å². The normalized spacial score (nSPS) is 22.1. The molecular formula is C32H40ClN5O4. The Kier molecular flexibility index (Phi) is 9.28. The molecular weight excluding hydrogens is 554 g/mol. The Balaban J connectivity index is 1.20. The fraction of sp³-hybridized carbons (Fsp3) is 0.531. The van der Waals surface area contributed by atoms with Crippen molar-refractivity contribution in [3.8, 4) is 0 Å². The highest BCUT2D eigenvalue weighted by Gasteiger charge is 2.37. The molecule has 0 N–H and O–H groups in total. The van der Waals surface area contributed by atoms with Gasteiger partial charge in [0.15, 0.2) is 0 Å². The van der Waals surface area contributed by atoms with Gasteiger partial charge in [0, 0.05) is 61.5 Å². The molecule has 1 saturated heterocycles. The van der Waals surface area contributed by atoms with Crippen LogP contribution in [0.2, 0.25) is 5.02 Å². The second kappa shape index (κ2) is 12.9. The molecule has 224 valence electrons. The number of benzene rings is 1. The van der Waals surface area contributed by atoms with Crippen molar-refractivity contribution in [1.82, 2.24) is 19.8 Å². The van der Waals surface area contributed by atoms with Crippen LogP contribution in [0.25, 0.3) is 0 Å². The molecule has 5 rings (SSSR count). The summed E-state index contributed by atoms with van der Waals surface area (Å²) in [7, 11) is 1.42. The lowest BCUT2D eigenvalue weighted by Gasteiger charge is -2.32. The second-order valence-electron chi connectivity index (χ2n) is 11.9. The number of esters is 1. The van der Waals surface area contributed by atoms with E-state index in [9.17, 15) is 14.4 Å². The van der Waals surface area contributed by atoms with Crippen LogP contribution in [0.4, 0.5) is 5.69 Å². The average Bonchev–Trinajstić information content (AvgIpc) is 3.55. The predicted molar refractivity (Wildman–Crippen MR) is 161 cm³/mol. The molecule has 3 aliphatic rings. The number of hydrogen-bond acceptors (Lipinski definition) is 7. The topological polar surface area (TPSA) is 95.9 Å². The SMILES string of the molecule is COC(=O)C1CCC(C(=O)N(CCCN2CC3=CN(C(=O)c4c(C)ncnc4C)CC3C2)c2ccc(C)c(Cl)c2)CC1. The van der Waals surface area contributed by atoms with Crippen molar-refractivity contribution < 1.29 is 19.1 Å². The van der Waals surface area contributed by atoms with E-state index in [-0.39, 0.29) is 29.6 Å². The standard InChI is InChI=1S/C32H40ClN5O4/c1-20-6-11-27(14-28(20)33)38(30(39)23-7-9-24(10-8-23)32(41)42-4)13-5-12-36-15-25-17-37(18-26(25)16-36)31(40)29-21(2)34-19-35-22(29)3/h6,11,14,17,19,23-24,26H,5,7-10,12-13,15-16,18H2,1-4H3. The van der Waals surface area contributed by atoms with Gasteiger partial charge < -0.3 is 14.5 Å². The molecule has 1 aliphatic carbocycles. The van der Waals surface area contributed by atoms with E-state index in [0.29, 0.717) is 66.7 Å². The average molecular weight is 594 g/mol. The van der Waals surface area contributed by atoms with E-state index in [1.165, 1.54) is 19.0 Å². The minimum absolute atomic E-state index is 0.0365. The van der Waals surface area contributed by atoms with Crippen LogP contribution in [-0.4, -0.2) is 77.4 Å². The highest BCUT2D eigenvalue weighted by atomic mass is 35.5. The number of fused-ring (bicyclic) bond motifs is 1. The Bertz CT molecular complexity index is 1370. The number of nitrogens with zero attached hydrogens (tertiary/aromatic N) is 5. The molecule has 0 bridgehead atoms. The monoisotopic (exact) mass is 593 g/mol. The van der Waals surface area contributed by atoms with Crippen LogP contribution in [0.5, 0.6) is 0 Å². The maximum absolute atomic E-state index is 13.8. The fourth-order valence-electron chi connectivity index (χ4n) is 6.58. The molecule has 1 aromatic carbocycles. The van der Waals surface area contributed by atoms with Crippen LogP contribution in [0.1, 0.15) is 59.4 Å². The Morgan fingerprint density at radius 3 is 2.36 bits per heavy atom. The van der Waals surface area contributed by atoms with Gasteiger partial charge in [0.05, 0.1) is 30.0 Å². The smallest absolute Gasteiger partial charge is 0.308 e. The molecule has 2 fully saturated rings. The number of amides is 2. The summed E-state index contributed by atoms with van der Waals surface area (Å²) in [5, 5.41) is 0.644. The summed E-state index contributed by atoms with van der Waals surface area (Å²) >= 11 is 6.46. The third kappa shape index (κ3) is 6.37. The molecule has 1 atom stereocenters. The van der Waals surface area contributed by atoms with Crippen LogP contribution in [0.15, 0.2) is 36.3 Å². The molecule has 2 aliphatic heterocycles. The predicted octanol–water partition coefficient (Wildman–Crippen LogP) is 4.73. The largest absolute Gasteiger partial charge is 0.469 e. The number of anilines is 1. The summed E-state index contributed by atoms with van der Waals surface area (Å²) in [6.45, 7) is 9.46. The van der Waals surface area contributed by atoms with E-state index in [1.54, 1.807) is 0 Å². The number of aryl methyl sites for hydroxylation is 3. The van der Waals surface area contributed by atoms with E-state index in [2.05, 4.69) is 14.9 Å². The van der Waals surface area contributed by atoms with Crippen molar-refractivity contribution in [2.45, 2.75) is 52.9 Å². The van der Waals surface area contributed by atoms with Crippen molar-refractivity contribution in [2.75, 3.05) is 44.7 Å². The third-order valence-electron chi connectivity index (χ3n) is 9.05. The second-order valence-corrected chi connectivity index (χ2v) is 12.3. The van der Waals surface area contributed by atoms with Crippen molar-refractivity contribution >= 4 is 35.1 Å². The van der Waals surface area contributed by atoms with Crippen LogP contribution in [-0.2, 0) is 14.3 Å². The highest BCUT2D eigenvalue weighted by Crippen LogP contribution is 2.34. The van der Waals surface area contributed by atoms with E-state index in [0.717, 1.165) is 37.3 Å². The molecule has 0 spiro atoms. The van der Waals surface area contributed by atoms with Crippen LogP contribution in [0, 0.1) is 38.5 Å². The third-order valence-corrected chi connectivity index (χ3v) is 9.46. The number of hydrogen-bond donors (Lipinski definition) is 0. The molecule has 9 nitrogen and oxygen atoms in total. The van der Waals surface area contributed by atoms with Gasteiger partial charge in [-0.1, -0.05) is 17.7 Å². The first-order valence-corrected chi connectivity index (χ1v) is 15.2. The molecule has 2 amide bonds. The number of likely N-dealkylation sites (tertiary alicyclic amines) is 1. The maximum Gasteiger partial charge on any atom is 0.308 e. The summed E-state index contributed by atoms with van der Waals surface area (Å²) in [6.07, 6.45) is 7.02. The minimum Gasteiger partial charge on any atom is -0.469 e. The van der Waals surface area contributed by atoms with Gasteiger partial charge in [-0.2, -0.15) is 0 Å². The van der Waals surface area contributed by atoms with Crippen molar-refractivity contribution in [1.29, 1.82) is 0 Å². The zero-order chi connectivity index (χ0) is 30.0. The van der Waals surface area contributed by atoms with Crippen LogP contribution >= 0.6 is 11.6 Å². The number of methoxy groups -OCH3 is 1. The van der Waals surface area contributed by atoms with Crippen molar-refractivity contribution in [3.63, 3.8) is 0 Å². The zero-order valence-corrected chi connectivity index (χ0v) is 25.7. The molecule has 1 unspecified atom stereocenters. The molecule has 1 aromatic heterocycles. The Morgan fingerprint density at radius 2 is 1.71 bits per heavy atom. The Labute approximate surface area is 252 Å². The highest BCUT2D eigenvalue weighted by molar-refractivity contribution is 6.31. The summed E-state index contributed by atoms with van der Waals surface area (Å²) in [5.41, 5.74) is 5.06. The minimum atomic E-state index is -0.180. The van der Waals surface area contributed by atoms with Gasteiger partial charge in [-0.05, 0) is 76.1 Å². The quantitative estimate of drug-likeness (QED) is 0.408. The van der Waals surface area contributed by atoms with E-state index in [4.69, 9.17) is 16.3 Å². The Hall–Kier alpha value is -3.30. The zero-order valence-electron chi connectivity index (χ0n) is 24.9. The van der Waals surface area contributed by atoms with Gasteiger partial charge in [-0.25, -0.2) is 9.97 Å². The maximum atomic E-state index is 13.8. The number of halogens is 1. The van der Waals surface area contributed by atoms with Gasteiger partial charge in [-0.3, -0.25) is 19.3 Å². The fourth-order valence-corrected chi connectivity index (χ4v) is 6.76. The summed E-state index contributed by atoms with van der Waals surface area (Å²) < 4.78 is 4.92. The first-order valence-electron chi connectivity index (χ1n) is 14.8. The summed E-state index contributed by atoms with van der Waals surface area (Å²) in [5.74, 6) is -0.0359. The molecule has 42 heavy (non-hydrogen) atoms. The lowest BCUT2D eigenvalue weighted by Crippen LogP contribution is -2.40. The van der Waals surface area contributed by atoms with Gasteiger partial charge in [0.2, 0.25) is 5.91 Å². The lowest BCUT2D eigenvalue weighted by molar-refractivity contribution is -0.147. The molecule has 3 heterocycles. The molecule has 10 heteroatoms. The van der Waals surface area contributed by atoms with Crippen LogP contribution < -0.4 is 4.90 Å². The number of aromatic nitrogens is 2. The van der Waals surface area contributed by atoms with Crippen molar-refractivity contribution in [3.05, 3.63) is 63.8 Å². The number of rotatable bonds is 8. The number of carbonyl (C=O) groups is 3. The van der Waals surface area contributed by atoms with Gasteiger partial charge in [-0.15, -0.1) is 0 Å². The van der Waals surface area contributed by atoms with Crippen molar-refractivity contribution in [2.24, 2.45) is 17.8 Å². The van der Waals surface area contributed by atoms with E-state index in [1.807, 2.05) is 55.0 Å². The van der Waals surface area contributed by atoms with Gasteiger partial charge in [0.1, 0.15) is 6.33 Å². The van der Waals surface area contributed by atoms with Crippen LogP contribution in [0.3, 0.4) is 0 Å². The molecule has 2 aromatic rings. The number of ether oxygens (including phenoxy) is 1. The molecule has 1 saturated carbocycles. The van der Waals surface area contributed by atoms with Gasteiger partial charge >= 0.3 is 5.97 Å². The summed E-state index contributed by atoms with van der Waals surface area (Å²) in [4.78, 5) is 53.5. The number of carbonyl (C=O) groups excluding carboxylic acids is 3. The first-order chi connectivity index (χ1) is 20.2. The summed E-state index contributed by atoms with van der Waals surface area (Å²) in [6, 6.07) is 5.81. The Morgan fingerprint density at radius 1 is 1.02 bits per heavy atom.